The molecule has 0 fully saturated rings. The van der Waals surface area contributed by atoms with Gasteiger partial charge < -0.3 is 0 Å². The monoisotopic (exact) mass is 810 g/mol. The Bertz CT molecular complexity index is 2500. The summed E-state index contributed by atoms with van der Waals surface area (Å²) < 4.78 is 0. The maximum atomic E-state index is 13.2. The lowest BCUT2D eigenvalue weighted by molar-refractivity contribution is 0.0975. The van der Waals surface area contributed by atoms with Gasteiger partial charge in [0.1, 0.15) is 0 Å². The normalized spacial score (nSPS) is 15.0. The Labute approximate surface area is 354 Å². The number of rotatable bonds is 12. The van der Waals surface area contributed by atoms with Crippen molar-refractivity contribution in [2.24, 2.45) is 11.8 Å². The standard InChI is InChI=1S/C53H46O4S2/c1-5-31(6-2)29-53(30-32(7-3)8-4)45-25-33(47-23-19-35(58-47)27-43-49(54)39-13-9-10-14-40(39)50(43)55)17-21-37(45)38-22-18-34(26-46(38)53)48-24-20-36(59-48)28-44-51(56)41-15-11-12-16-42(41)52(44)57/h9-28,31-32H,5-8,29-30H2,1-4H3. The Kier molecular flexibility index (Phi) is 10.3. The molecule has 6 aromatic rings. The van der Waals surface area contributed by atoms with Crippen molar-refractivity contribution >= 4 is 58.0 Å². The quantitative estimate of drug-likeness (QED) is 0.0912. The van der Waals surface area contributed by atoms with Gasteiger partial charge in [0.05, 0.1) is 11.1 Å². The highest BCUT2D eigenvalue weighted by atomic mass is 32.1. The fraction of sp³-hybridized carbons (Fsp3) is 0.245. The second-order valence-corrected chi connectivity index (χ2v) is 18.5. The van der Waals surface area contributed by atoms with Gasteiger partial charge in [-0.3, -0.25) is 19.2 Å². The minimum absolute atomic E-state index is 0.197. The summed E-state index contributed by atoms with van der Waals surface area (Å²) in [7, 11) is 0. The van der Waals surface area contributed by atoms with Crippen LogP contribution >= 0.6 is 22.7 Å². The number of benzene rings is 4. The van der Waals surface area contributed by atoms with Gasteiger partial charge in [0.2, 0.25) is 0 Å². The van der Waals surface area contributed by atoms with Crippen LogP contribution in [0.2, 0.25) is 0 Å². The number of ketones is 4. The molecule has 0 saturated heterocycles. The van der Waals surface area contributed by atoms with Crippen LogP contribution in [0.3, 0.4) is 0 Å². The second kappa shape index (κ2) is 15.6. The van der Waals surface area contributed by atoms with Crippen molar-refractivity contribution in [2.45, 2.75) is 71.6 Å². The van der Waals surface area contributed by atoms with Crippen molar-refractivity contribution < 1.29 is 19.2 Å². The molecule has 0 bridgehead atoms. The number of carbonyl (C=O) groups is 4. The van der Waals surface area contributed by atoms with Gasteiger partial charge in [-0.05, 0) is 107 Å². The first-order valence-electron chi connectivity index (χ1n) is 21.0. The summed E-state index contributed by atoms with van der Waals surface area (Å²) in [6.07, 6.45) is 10.1. The van der Waals surface area contributed by atoms with E-state index in [9.17, 15) is 19.2 Å². The number of thiophene rings is 2. The van der Waals surface area contributed by atoms with Crippen LogP contribution in [0.1, 0.15) is 129 Å². The van der Waals surface area contributed by atoms with E-state index in [1.165, 1.54) is 22.3 Å². The van der Waals surface area contributed by atoms with Crippen LogP contribution in [-0.4, -0.2) is 23.1 Å². The largest absolute Gasteiger partial charge is 0.288 e. The zero-order chi connectivity index (χ0) is 41.0. The lowest BCUT2D eigenvalue weighted by atomic mass is 9.65. The molecule has 2 heterocycles. The molecule has 59 heavy (non-hydrogen) atoms. The van der Waals surface area contributed by atoms with Crippen LogP contribution in [0.25, 0.3) is 44.2 Å². The summed E-state index contributed by atoms with van der Waals surface area (Å²) in [5, 5.41) is 0. The molecule has 0 N–H and O–H groups in total. The van der Waals surface area contributed by atoms with Gasteiger partial charge in [-0.25, -0.2) is 0 Å². The molecule has 4 aromatic carbocycles. The SMILES string of the molecule is CCC(CC)CC1(CC(CC)CC)c2cc(-c3ccc(C=C4C(=O)c5ccccc5C4=O)s3)ccc2-c2ccc(-c3ccc(C=C4C(=O)c5ccccc5C4=O)s3)cc21. The number of hydrogen-bond donors (Lipinski definition) is 0. The lowest BCUT2D eigenvalue weighted by Gasteiger charge is -2.38. The molecule has 294 valence electrons. The van der Waals surface area contributed by atoms with Gasteiger partial charge in [-0.15, -0.1) is 22.7 Å². The first-order valence-corrected chi connectivity index (χ1v) is 22.6. The highest BCUT2D eigenvalue weighted by molar-refractivity contribution is 7.16. The third-order valence-electron chi connectivity index (χ3n) is 13.2. The predicted octanol–water partition coefficient (Wildman–Crippen LogP) is 14.0. The van der Waals surface area contributed by atoms with E-state index in [1.807, 2.05) is 12.1 Å². The van der Waals surface area contributed by atoms with Crippen LogP contribution < -0.4 is 0 Å². The molecule has 9 rings (SSSR count). The fourth-order valence-electron chi connectivity index (χ4n) is 9.73. The topological polar surface area (TPSA) is 68.3 Å². The maximum Gasteiger partial charge on any atom is 0.197 e. The summed E-state index contributed by atoms with van der Waals surface area (Å²) in [5.41, 5.74) is 9.84. The van der Waals surface area contributed by atoms with E-state index in [-0.39, 0.29) is 39.7 Å². The molecule has 2 aromatic heterocycles. The van der Waals surface area contributed by atoms with E-state index in [4.69, 9.17) is 0 Å². The Balaban J connectivity index is 1.11. The van der Waals surface area contributed by atoms with Gasteiger partial charge in [-0.2, -0.15) is 0 Å². The zero-order valence-corrected chi connectivity index (χ0v) is 35.5. The van der Waals surface area contributed by atoms with Crippen molar-refractivity contribution in [3.05, 3.63) is 163 Å². The third kappa shape index (κ3) is 6.58. The average molecular weight is 811 g/mol. The average Bonchev–Trinajstić information content (AvgIpc) is 4.09. The van der Waals surface area contributed by atoms with Crippen LogP contribution in [0.4, 0.5) is 0 Å². The molecule has 0 atom stereocenters. The Hall–Kier alpha value is -5.56. The summed E-state index contributed by atoms with van der Waals surface area (Å²) in [6.45, 7) is 9.29. The number of Topliss-reactive ketones (excluding diaryl/α,β-unsaturated/α-hetero) is 4. The van der Waals surface area contributed by atoms with E-state index in [0.29, 0.717) is 34.1 Å². The minimum atomic E-state index is -0.205. The second-order valence-electron chi connectivity index (χ2n) is 16.3. The van der Waals surface area contributed by atoms with Crippen LogP contribution in [0, 0.1) is 11.8 Å². The van der Waals surface area contributed by atoms with E-state index < -0.39 is 0 Å². The van der Waals surface area contributed by atoms with Crippen molar-refractivity contribution in [2.75, 3.05) is 0 Å². The molecule has 3 aliphatic carbocycles. The first-order chi connectivity index (χ1) is 28.7. The highest BCUT2D eigenvalue weighted by Crippen LogP contribution is 2.58. The first kappa shape index (κ1) is 38.9. The van der Waals surface area contributed by atoms with E-state index in [1.54, 1.807) is 83.4 Å². The molecule has 0 spiro atoms. The molecule has 0 amide bonds. The van der Waals surface area contributed by atoms with E-state index in [0.717, 1.165) is 69.2 Å². The van der Waals surface area contributed by atoms with Crippen LogP contribution in [0.5, 0.6) is 0 Å². The molecule has 3 aliphatic rings. The zero-order valence-electron chi connectivity index (χ0n) is 33.9. The molecule has 0 aliphatic heterocycles. The van der Waals surface area contributed by atoms with Gasteiger partial charge in [-0.1, -0.05) is 126 Å². The fourth-order valence-corrected chi connectivity index (χ4v) is 11.6. The third-order valence-corrected chi connectivity index (χ3v) is 15.3. The molecule has 6 heteroatoms. The number of fused-ring (bicyclic) bond motifs is 5. The molecule has 0 unspecified atom stereocenters. The Morgan fingerprint density at radius 2 is 0.814 bits per heavy atom. The van der Waals surface area contributed by atoms with Crippen molar-refractivity contribution in [1.82, 2.24) is 0 Å². The summed E-state index contributed by atoms with van der Waals surface area (Å²) in [6, 6.07) is 36.4. The van der Waals surface area contributed by atoms with Gasteiger partial charge >= 0.3 is 0 Å². The maximum absolute atomic E-state index is 13.2. The molecule has 4 nitrogen and oxygen atoms in total. The van der Waals surface area contributed by atoms with Crippen molar-refractivity contribution in [3.8, 4) is 32.0 Å². The van der Waals surface area contributed by atoms with Crippen molar-refractivity contribution in [3.63, 3.8) is 0 Å². The molecule has 0 saturated carbocycles. The summed E-state index contributed by atoms with van der Waals surface area (Å²) in [5.74, 6) is 0.276. The molecule has 0 radical (unpaired) electrons. The van der Waals surface area contributed by atoms with E-state index >= 15 is 0 Å². The minimum Gasteiger partial charge on any atom is -0.288 e. The van der Waals surface area contributed by atoms with Gasteiger partial charge in [0, 0.05) is 47.2 Å². The Morgan fingerprint density at radius 3 is 1.15 bits per heavy atom. The highest BCUT2D eigenvalue weighted by Gasteiger charge is 2.45. The number of carbonyl (C=O) groups excluding carboxylic acids is 4. The van der Waals surface area contributed by atoms with Crippen LogP contribution in [0.15, 0.2) is 120 Å². The van der Waals surface area contributed by atoms with E-state index in [2.05, 4.69) is 76.2 Å². The van der Waals surface area contributed by atoms with Crippen molar-refractivity contribution in [1.29, 1.82) is 0 Å². The number of allylic oxidation sites excluding steroid dienone is 2. The number of hydrogen-bond acceptors (Lipinski definition) is 6. The van der Waals surface area contributed by atoms with Crippen LogP contribution in [-0.2, 0) is 5.41 Å². The predicted molar refractivity (Wildman–Crippen MR) is 243 cm³/mol. The van der Waals surface area contributed by atoms with Gasteiger partial charge in [0.15, 0.2) is 23.1 Å². The summed E-state index contributed by atoms with van der Waals surface area (Å²) in [4.78, 5) is 56.8. The summed E-state index contributed by atoms with van der Waals surface area (Å²) >= 11 is 3.23. The molecular weight excluding hydrogens is 765 g/mol. The smallest absolute Gasteiger partial charge is 0.197 e. The molecular formula is C53H46O4S2. The lowest BCUT2D eigenvalue weighted by Crippen LogP contribution is -2.31. The Morgan fingerprint density at radius 1 is 0.458 bits per heavy atom. The van der Waals surface area contributed by atoms with Gasteiger partial charge in [0.25, 0.3) is 0 Å².